The average Bonchev–Trinajstić information content (AvgIpc) is 2.39. The second-order valence-electron chi connectivity index (χ2n) is 4.57. The van der Waals surface area contributed by atoms with E-state index in [2.05, 4.69) is 4.72 Å². The van der Waals surface area contributed by atoms with Crippen LogP contribution in [0.1, 0.15) is 11.1 Å². The zero-order valence-corrected chi connectivity index (χ0v) is 13.4. The first-order chi connectivity index (χ1) is 9.31. The lowest BCUT2D eigenvalue weighted by molar-refractivity contribution is 0.354. The van der Waals surface area contributed by atoms with E-state index < -0.39 is 10.2 Å². The number of nitrogens with zero attached hydrogens (tertiary/aromatic N) is 1. The minimum Gasteiger partial charge on any atom is -0.493 e. The second kappa shape index (κ2) is 6.92. The number of aryl methyl sites for hydroxylation is 1. The normalized spacial score (nSPS) is 11.7. The van der Waals surface area contributed by atoms with E-state index in [1.54, 1.807) is 14.2 Å². The molecular formula is C13H22N2O4S. The summed E-state index contributed by atoms with van der Waals surface area (Å²) in [6.07, 6.45) is 0.583. The van der Waals surface area contributed by atoms with Crippen LogP contribution in [0.25, 0.3) is 0 Å². The maximum Gasteiger partial charge on any atom is 0.278 e. The van der Waals surface area contributed by atoms with Crippen molar-refractivity contribution in [2.45, 2.75) is 13.3 Å². The fourth-order valence-electron chi connectivity index (χ4n) is 1.74. The van der Waals surface area contributed by atoms with Crippen molar-refractivity contribution in [1.82, 2.24) is 9.03 Å². The lowest BCUT2D eigenvalue weighted by Gasteiger charge is -2.14. The molecule has 1 N–H and O–H groups in total. The third-order valence-electron chi connectivity index (χ3n) is 3.00. The van der Waals surface area contributed by atoms with Gasteiger partial charge in [0, 0.05) is 20.6 Å². The molecule has 0 spiro atoms. The summed E-state index contributed by atoms with van der Waals surface area (Å²) >= 11 is 0. The van der Waals surface area contributed by atoms with E-state index in [1.165, 1.54) is 14.1 Å². The van der Waals surface area contributed by atoms with Crippen molar-refractivity contribution < 1.29 is 17.9 Å². The minimum atomic E-state index is -3.38. The van der Waals surface area contributed by atoms with Gasteiger partial charge in [-0.05, 0) is 36.6 Å². The highest BCUT2D eigenvalue weighted by atomic mass is 32.2. The molecule has 0 aliphatic heterocycles. The zero-order valence-electron chi connectivity index (χ0n) is 12.6. The fourth-order valence-corrected chi connectivity index (χ4v) is 2.35. The summed E-state index contributed by atoms with van der Waals surface area (Å²) < 4.78 is 37.3. The van der Waals surface area contributed by atoms with Crippen molar-refractivity contribution in [3.05, 3.63) is 23.3 Å². The zero-order chi connectivity index (χ0) is 15.3. The van der Waals surface area contributed by atoms with Crippen molar-refractivity contribution in [2.24, 2.45) is 0 Å². The molecule has 0 saturated heterocycles. The molecule has 0 saturated carbocycles. The molecule has 0 unspecified atom stereocenters. The lowest BCUT2D eigenvalue weighted by Crippen LogP contribution is -2.36. The van der Waals surface area contributed by atoms with Gasteiger partial charge in [0.2, 0.25) is 0 Å². The molecule has 1 aromatic rings. The van der Waals surface area contributed by atoms with Crippen molar-refractivity contribution in [3.63, 3.8) is 0 Å². The van der Waals surface area contributed by atoms with Gasteiger partial charge in [-0.2, -0.15) is 12.7 Å². The van der Waals surface area contributed by atoms with Crippen LogP contribution in [0.3, 0.4) is 0 Å². The first-order valence-electron chi connectivity index (χ1n) is 6.20. The Labute approximate surface area is 120 Å². The molecule has 7 heteroatoms. The Morgan fingerprint density at radius 3 is 2.20 bits per heavy atom. The number of benzene rings is 1. The molecule has 0 amide bonds. The van der Waals surface area contributed by atoms with Gasteiger partial charge >= 0.3 is 0 Å². The van der Waals surface area contributed by atoms with Gasteiger partial charge in [0.15, 0.2) is 11.5 Å². The Bertz CT molecular complexity index is 556. The molecule has 6 nitrogen and oxygen atoms in total. The predicted molar refractivity (Wildman–Crippen MR) is 78.6 cm³/mol. The molecule has 0 radical (unpaired) electrons. The third-order valence-corrected chi connectivity index (χ3v) is 4.53. The Morgan fingerprint density at radius 2 is 1.70 bits per heavy atom. The molecule has 0 heterocycles. The van der Waals surface area contributed by atoms with E-state index in [0.29, 0.717) is 24.5 Å². The number of rotatable bonds is 7. The third kappa shape index (κ3) is 4.09. The van der Waals surface area contributed by atoms with Crippen molar-refractivity contribution in [2.75, 3.05) is 34.9 Å². The Morgan fingerprint density at radius 1 is 1.15 bits per heavy atom. The summed E-state index contributed by atoms with van der Waals surface area (Å²) in [7, 11) is 2.76. The number of hydrogen-bond donors (Lipinski definition) is 1. The van der Waals surface area contributed by atoms with E-state index in [1.807, 2.05) is 19.1 Å². The average molecular weight is 302 g/mol. The largest absolute Gasteiger partial charge is 0.493 e. The molecule has 0 aliphatic carbocycles. The molecule has 0 fully saturated rings. The van der Waals surface area contributed by atoms with E-state index in [9.17, 15) is 8.42 Å². The van der Waals surface area contributed by atoms with Gasteiger partial charge in [-0.25, -0.2) is 4.72 Å². The standard InChI is InChI=1S/C13H22N2O4S/c1-10-8-12(18-4)13(19-5)9-11(10)6-7-14-20(16,17)15(2)3/h8-9,14H,6-7H2,1-5H3. The van der Waals surface area contributed by atoms with Crippen LogP contribution in [-0.2, 0) is 16.6 Å². The summed E-state index contributed by atoms with van der Waals surface area (Å²) in [5.41, 5.74) is 2.05. The lowest BCUT2D eigenvalue weighted by atomic mass is 10.0. The monoisotopic (exact) mass is 302 g/mol. The topological polar surface area (TPSA) is 67.9 Å². The molecule has 114 valence electrons. The van der Waals surface area contributed by atoms with Gasteiger partial charge in [-0.3, -0.25) is 0 Å². The van der Waals surface area contributed by atoms with E-state index in [-0.39, 0.29) is 0 Å². The van der Waals surface area contributed by atoms with E-state index >= 15 is 0 Å². The smallest absolute Gasteiger partial charge is 0.278 e. The van der Waals surface area contributed by atoms with Crippen LogP contribution in [0, 0.1) is 6.92 Å². The van der Waals surface area contributed by atoms with Gasteiger partial charge in [0.05, 0.1) is 14.2 Å². The van der Waals surface area contributed by atoms with Crippen LogP contribution in [0.5, 0.6) is 11.5 Å². The van der Waals surface area contributed by atoms with Crippen molar-refractivity contribution in [1.29, 1.82) is 0 Å². The van der Waals surface area contributed by atoms with Crippen LogP contribution in [0.15, 0.2) is 12.1 Å². The van der Waals surface area contributed by atoms with Gasteiger partial charge < -0.3 is 9.47 Å². The highest BCUT2D eigenvalue weighted by molar-refractivity contribution is 7.87. The van der Waals surface area contributed by atoms with Gasteiger partial charge in [-0.1, -0.05) is 0 Å². The Balaban J connectivity index is 2.79. The quantitative estimate of drug-likeness (QED) is 0.814. The van der Waals surface area contributed by atoms with Crippen molar-refractivity contribution in [3.8, 4) is 11.5 Å². The maximum absolute atomic E-state index is 11.6. The molecule has 0 bridgehead atoms. The highest BCUT2D eigenvalue weighted by Gasteiger charge is 2.13. The second-order valence-corrected chi connectivity index (χ2v) is 6.53. The Kier molecular flexibility index (Phi) is 5.79. The number of nitrogens with one attached hydrogen (secondary N) is 1. The first kappa shape index (κ1) is 16.7. The number of hydrogen-bond acceptors (Lipinski definition) is 4. The summed E-state index contributed by atoms with van der Waals surface area (Å²) in [5, 5.41) is 0. The fraction of sp³-hybridized carbons (Fsp3) is 0.538. The highest BCUT2D eigenvalue weighted by Crippen LogP contribution is 2.30. The van der Waals surface area contributed by atoms with Crippen LogP contribution in [0.4, 0.5) is 0 Å². The summed E-state index contributed by atoms with van der Waals surface area (Å²) in [4.78, 5) is 0. The van der Waals surface area contributed by atoms with Gasteiger partial charge in [0.1, 0.15) is 0 Å². The molecule has 20 heavy (non-hydrogen) atoms. The summed E-state index contributed by atoms with van der Waals surface area (Å²) in [6, 6.07) is 3.76. The molecule has 0 aliphatic rings. The molecule has 1 rings (SSSR count). The first-order valence-corrected chi connectivity index (χ1v) is 7.64. The minimum absolute atomic E-state index is 0.330. The van der Waals surface area contributed by atoms with Crippen LogP contribution >= 0.6 is 0 Å². The van der Waals surface area contributed by atoms with Crippen molar-refractivity contribution >= 4 is 10.2 Å². The Hall–Kier alpha value is -1.31. The van der Waals surface area contributed by atoms with Crippen LogP contribution < -0.4 is 14.2 Å². The number of methoxy groups -OCH3 is 2. The summed E-state index contributed by atoms with van der Waals surface area (Å²) in [6.45, 7) is 2.29. The van der Waals surface area contributed by atoms with E-state index in [0.717, 1.165) is 15.4 Å². The number of ether oxygens (including phenoxy) is 2. The summed E-state index contributed by atoms with van der Waals surface area (Å²) in [5.74, 6) is 1.31. The molecule has 0 aromatic heterocycles. The maximum atomic E-state index is 11.6. The van der Waals surface area contributed by atoms with E-state index in [4.69, 9.17) is 9.47 Å². The predicted octanol–water partition coefficient (Wildman–Crippen LogP) is 0.951. The molecule has 0 atom stereocenters. The van der Waals surface area contributed by atoms with Gasteiger partial charge in [0.25, 0.3) is 10.2 Å². The molecular weight excluding hydrogens is 280 g/mol. The van der Waals surface area contributed by atoms with Gasteiger partial charge in [-0.15, -0.1) is 0 Å². The SMILES string of the molecule is COc1cc(C)c(CCNS(=O)(=O)N(C)C)cc1OC. The van der Waals surface area contributed by atoms with Crippen LogP contribution in [-0.4, -0.2) is 47.6 Å². The van der Waals surface area contributed by atoms with Crippen LogP contribution in [0.2, 0.25) is 0 Å². The molecule has 1 aromatic carbocycles.